The summed E-state index contributed by atoms with van der Waals surface area (Å²) in [4.78, 5) is 25.9. The Labute approximate surface area is 143 Å². The van der Waals surface area contributed by atoms with Crippen LogP contribution in [0.15, 0.2) is 24.3 Å². The van der Waals surface area contributed by atoms with Gasteiger partial charge in [-0.3, -0.25) is 9.59 Å². The molecule has 24 heavy (non-hydrogen) atoms. The number of hydrogen-bond donors (Lipinski definition) is 1. The summed E-state index contributed by atoms with van der Waals surface area (Å²) in [6, 6.07) is 7.10. The number of carbonyl (C=O) groups excluding carboxylic acids is 2. The maximum Gasteiger partial charge on any atom is 0.253 e. The molecule has 1 aliphatic carbocycles. The van der Waals surface area contributed by atoms with Crippen molar-refractivity contribution >= 4 is 17.5 Å². The number of anilines is 1. The molecule has 3 rings (SSSR count). The minimum atomic E-state index is -0.117. The van der Waals surface area contributed by atoms with E-state index in [0.717, 1.165) is 19.5 Å². The number of ether oxygens (including phenoxy) is 1. The predicted octanol–water partition coefficient (Wildman–Crippen LogP) is 2.78. The summed E-state index contributed by atoms with van der Waals surface area (Å²) in [6.07, 6.45) is 1.10. The summed E-state index contributed by atoms with van der Waals surface area (Å²) in [7, 11) is 1.74. The second kappa shape index (κ2) is 5.88. The van der Waals surface area contributed by atoms with Crippen LogP contribution in [0.1, 0.15) is 37.6 Å². The molecular weight excluding hydrogens is 304 g/mol. The molecule has 1 saturated heterocycles. The van der Waals surface area contributed by atoms with Crippen LogP contribution in [0.2, 0.25) is 0 Å². The topological polar surface area (TPSA) is 58.6 Å². The SMILES string of the molecule is COC[C@@]12CN(C(=O)c3ccc(NC(C)=O)cc3)C[C@@H]1C(C)(C)C2. The Bertz CT molecular complexity index is 653. The van der Waals surface area contributed by atoms with Crippen molar-refractivity contribution in [3.05, 3.63) is 29.8 Å². The summed E-state index contributed by atoms with van der Waals surface area (Å²) in [5.74, 6) is 0.437. The smallest absolute Gasteiger partial charge is 0.253 e. The molecule has 2 amide bonds. The highest BCUT2D eigenvalue weighted by atomic mass is 16.5. The van der Waals surface area contributed by atoms with Gasteiger partial charge in [0.15, 0.2) is 0 Å². The van der Waals surface area contributed by atoms with E-state index in [-0.39, 0.29) is 22.6 Å². The molecule has 2 atom stereocenters. The summed E-state index contributed by atoms with van der Waals surface area (Å²) in [5, 5.41) is 2.72. The Morgan fingerprint density at radius 3 is 2.50 bits per heavy atom. The van der Waals surface area contributed by atoms with Crippen LogP contribution in [0.25, 0.3) is 0 Å². The lowest BCUT2D eigenvalue weighted by atomic mass is 9.48. The molecule has 0 radical (unpaired) electrons. The number of nitrogens with one attached hydrogen (secondary N) is 1. The fourth-order valence-corrected chi connectivity index (χ4v) is 4.84. The first-order valence-electron chi connectivity index (χ1n) is 8.43. The predicted molar refractivity (Wildman–Crippen MR) is 92.8 cm³/mol. The van der Waals surface area contributed by atoms with E-state index in [1.165, 1.54) is 6.92 Å². The Hall–Kier alpha value is -1.88. The number of amides is 2. The molecule has 1 N–H and O–H groups in total. The van der Waals surface area contributed by atoms with Crippen LogP contribution in [0, 0.1) is 16.7 Å². The quantitative estimate of drug-likeness (QED) is 0.923. The van der Waals surface area contributed by atoms with Crippen LogP contribution >= 0.6 is 0 Å². The van der Waals surface area contributed by atoms with Gasteiger partial charge in [-0.15, -0.1) is 0 Å². The molecule has 1 aliphatic heterocycles. The molecular formula is C19H26N2O3. The van der Waals surface area contributed by atoms with Gasteiger partial charge < -0.3 is 15.0 Å². The molecule has 5 nitrogen and oxygen atoms in total. The third-order valence-corrected chi connectivity index (χ3v) is 5.57. The standard InChI is InChI=1S/C19H26N2O3/c1-13(22)20-15-7-5-14(6-8-15)17(23)21-9-16-18(2,3)10-19(16,11-21)12-24-4/h5-8,16H,9-12H2,1-4H3,(H,20,22)/t16-,19-/m1/s1. The first-order chi connectivity index (χ1) is 11.3. The van der Waals surface area contributed by atoms with Gasteiger partial charge >= 0.3 is 0 Å². The first kappa shape index (κ1) is 17.0. The number of methoxy groups -OCH3 is 1. The minimum absolute atomic E-state index is 0.0602. The van der Waals surface area contributed by atoms with Crippen LogP contribution in [-0.2, 0) is 9.53 Å². The van der Waals surface area contributed by atoms with Crippen molar-refractivity contribution in [2.24, 2.45) is 16.7 Å². The van der Waals surface area contributed by atoms with Gasteiger partial charge in [-0.05, 0) is 42.0 Å². The van der Waals surface area contributed by atoms with Gasteiger partial charge in [-0.1, -0.05) is 13.8 Å². The third kappa shape index (κ3) is 2.81. The number of hydrogen-bond acceptors (Lipinski definition) is 3. The van der Waals surface area contributed by atoms with Crippen molar-refractivity contribution in [2.45, 2.75) is 27.2 Å². The van der Waals surface area contributed by atoms with Gasteiger partial charge in [0.05, 0.1) is 6.61 Å². The highest BCUT2D eigenvalue weighted by molar-refractivity contribution is 5.95. The second-order valence-corrected chi connectivity index (χ2v) is 7.96. The lowest BCUT2D eigenvalue weighted by Crippen LogP contribution is -2.55. The van der Waals surface area contributed by atoms with Crippen molar-refractivity contribution in [2.75, 3.05) is 32.1 Å². The zero-order valence-corrected chi connectivity index (χ0v) is 14.9. The van der Waals surface area contributed by atoms with Gasteiger partial charge in [0.1, 0.15) is 0 Å². The molecule has 2 aliphatic rings. The van der Waals surface area contributed by atoms with Crippen molar-refractivity contribution in [3.63, 3.8) is 0 Å². The Kier molecular flexibility index (Phi) is 4.16. The fraction of sp³-hybridized carbons (Fsp3) is 0.579. The van der Waals surface area contributed by atoms with Gasteiger partial charge in [0.25, 0.3) is 5.91 Å². The lowest BCUT2D eigenvalue weighted by Gasteiger charge is -2.56. The minimum Gasteiger partial charge on any atom is -0.384 e. The third-order valence-electron chi connectivity index (χ3n) is 5.57. The van der Waals surface area contributed by atoms with Crippen LogP contribution in [0.5, 0.6) is 0 Å². The number of rotatable bonds is 4. The van der Waals surface area contributed by atoms with E-state index in [2.05, 4.69) is 19.2 Å². The van der Waals surface area contributed by atoms with Crippen molar-refractivity contribution in [1.29, 1.82) is 0 Å². The molecule has 1 aromatic rings. The van der Waals surface area contributed by atoms with Crippen molar-refractivity contribution in [3.8, 4) is 0 Å². The maximum absolute atomic E-state index is 12.9. The number of fused-ring (bicyclic) bond motifs is 1. The van der Waals surface area contributed by atoms with E-state index in [4.69, 9.17) is 4.74 Å². The van der Waals surface area contributed by atoms with E-state index >= 15 is 0 Å². The number of nitrogens with zero attached hydrogens (tertiary/aromatic N) is 1. The Morgan fingerprint density at radius 1 is 1.29 bits per heavy atom. The molecule has 1 heterocycles. The normalized spacial score (nSPS) is 27.3. The van der Waals surface area contributed by atoms with Crippen LogP contribution in [-0.4, -0.2) is 43.5 Å². The second-order valence-electron chi connectivity index (χ2n) is 7.96. The summed E-state index contributed by atoms with van der Waals surface area (Å²) in [5.41, 5.74) is 1.75. The number of carbonyl (C=O) groups is 2. The average molecular weight is 330 g/mol. The molecule has 1 aromatic carbocycles. The van der Waals surface area contributed by atoms with Crippen LogP contribution < -0.4 is 5.32 Å². The van der Waals surface area contributed by atoms with Crippen molar-refractivity contribution in [1.82, 2.24) is 4.90 Å². The van der Waals surface area contributed by atoms with Gasteiger partial charge in [0, 0.05) is 43.8 Å². The first-order valence-corrected chi connectivity index (χ1v) is 8.43. The number of likely N-dealkylation sites (tertiary alicyclic amines) is 1. The van der Waals surface area contributed by atoms with Gasteiger partial charge in [-0.2, -0.15) is 0 Å². The maximum atomic E-state index is 12.9. The van der Waals surface area contributed by atoms with Gasteiger partial charge in [0.2, 0.25) is 5.91 Å². The van der Waals surface area contributed by atoms with Crippen molar-refractivity contribution < 1.29 is 14.3 Å². The van der Waals surface area contributed by atoms with Gasteiger partial charge in [-0.25, -0.2) is 0 Å². The Morgan fingerprint density at radius 2 is 1.96 bits per heavy atom. The molecule has 0 unspecified atom stereocenters. The highest BCUT2D eigenvalue weighted by Gasteiger charge is 2.63. The summed E-state index contributed by atoms with van der Waals surface area (Å²) in [6.45, 7) is 8.30. The molecule has 1 saturated carbocycles. The summed E-state index contributed by atoms with van der Waals surface area (Å²) >= 11 is 0. The van der Waals surface area contributed by atoms with E-state index < -0.39 is 0 Å². The molecule has 0 bridgehead atoms. The van der Waals surface area contributed by atoms with Crippen LogP contribution in [0.4, 0.5) is 5.69 Å². The largest absolute Gasteiger partial charge is 0.384 e. The zero-order chi connectivity index (χ0) is 17.5. The van der Waals surface area contributed by atoms with E-state index in [1.54, 1.807) is 31.4 Å². The van der Waals surface area contributed by atoms with E-state index in [9.17, 15) is 9.59 Å². The van der Waals surface area contributed by atoms with E-state index in [1.807, 2.05) is 4.90 Å². The molecule has 2 fully saturated rings. The molecule has 5 heteroatoms. The summed E-state index contributed by atoms with van der Waals surface area (Å²) < 4.78 is 5.45. The zero-order valence-electron chi connectivity index (χ0n) is 14.9. The van der Waals surface area contributed by atoms with Crippen LogP contribution in [0.3, 0.4) is 0 Å². The molecule has 130 valence electrons. The average Bonchev–Trinajstić information content (AvgIpc) is 2.82. The number of benzene rings is 1. The molecule has 0 spiro atoms. The lowest BCUT2D eigenvalue weighted by molar-refractivity contribution is -0.114. The fourth-order valence-electron chi connectivity index (χ4n) is 4.84. The molecule has 0 aromatic heterocycles. The van der Waals surface area contributed by atoms with E-state index in [0.29, 0.717) is 23.8 Å². The highest BCUT2D eigenvalue weighted by Crippen LogP contribution is 2.62. The Balaban J connectivity index is 1.73. The monoisotopic (exact) mass is 330 g/mol.